The van der Waals surface area contributed by atoms with E-state index in [0.717, 1.165) is 11.8 Å². The van der Waals surface area contributed by atoms with Crippen LogP contribution in [0.3, 0.4) is 0 Å². The van der Waals surface area contributed by atoms with Crippen LogP contribution in [0.4, 0.5) is 0 Å². The number of sulfone groups is 1. The largest absolute Gasteiger partial charge is 0.347 e. The van der Waals surface area contributed by atoms with Crippen molar-refractivity contribution in [3.63, 3.8) is 0 Å². The third kappa shape index (κ3) is 4.31. The first-order chi connectivity index (χ1) is 12.4. The highest BCUT2D eigenvalue weighted by molar-refractivity contribution is 7.90. The number of pyridine rings is 2. The van der Waals surface area contributed by atoms with Gasteiger partial charge in [0.25, 0.3) is 5.91 Å². The Morgan fingerprint density at radius 2 is 1.69 bits per heavy atom. The Kier molecular flexibility index (Phi) is 5.09. The molecule has 0 aliphatic carbocycles. The highest BCUT2D eigenvalue weighted by atomic mass is 32.2. The van der Waals surface area contributed by atoms with Crippen LogP contribution in [0.15, 0.2) is 71.8 Å². The SMILES string of the molecule is CS(=O)(=O)c1ccc(CNC(=O)c2cccc(-c3ccccn3)n2)cc1. The number of nitrogens with zero attached hydrogens (tertiary/aromatic N) is 2. The van der Waals surface area contributed by atoms with Gasteiger partial charge in [0.2, 0.25) is 0 Å². The van der Waals surface area contributed by atoms with Gasteiger partial charge in [-0.3, -0.25) is 9.78 Å². The summed E-state index contributed by atoms with van der Waals surface area (Å²) in [5, 5.41) is 2.78. The molecule has 0 aliphatic rings. The highest BCUT2D eigenvalue weighted by Crippen LogP contribution is 2.14. The molecule has 0 aliphatic heterocycles. The van der Waals surface area contributed by atoms with Crippen LogP contribution in [0.1, 0.15) is 16.1 Å². The van der Waals surface area contributed by atoms with Crippen molar-refractivity contribution in [3.05, 3.63) is 78.1 Å². The lowest BCUT2D eigenvalue weighted by Gasteiger charge is -2.07. The number of rotatable bonds is 5. The third-order valence-corrected chi connectivity index (χ3v) is 4.84. The van der Waals surface area contributed by atoms with Crippen molar-refractivity contribution in [2.24, 2.45) is 0 Å². The molecule has 0 fully saturated rings. The van der Waals surface area contributed by atoms with Crippen molar-refractivity contribution in [1.29, 1.82) is 0 Å². The molecule has 2 aromatic heterocycles. The average Bonchev–Trinajstić information content (AvgIpc) is 2.66. The van der Waals surface area contributed by atoms with Gasteiger partial charge in [-0.2, -0.15) is 0 Å². The molecule has 0 unspecified atom stereocenters. The van der Waals surface area contributed by atoms with E-state index in [9.17, 15) is 13.2 Å². The Labute approximate surface area is 151 Å². The summed E-state index contributed by atoms with van der Waals surface area (Å²) in [6.45, 7) is 0.276. The van der Waals surface area contributed by atoms with E-state index in [-0.39, 0.29) is 17.3 Å². The summed E-state index contributed by atoms with van der Waals surface area (Å²) in [6, 6.07) is 17.1. The smallest absolute Gasteiger partial charge is 0.270 e. The first-order valence-electron chi connectivity index (χ1n) is 7.89. The first kappa shape index (κ1) is 17.8. The number of hydrogen-bond acceptors (Lipinski definition) is 5. The Balaban J connectivity index is 1.69. The Hall–Kier alpha value is -3.06. The second-order valence-corrected chi connectivity index (χ2v) is 7.74. The molecule has 2 heterocycles. The van der Waals surface area contributed by atoms with E-state index in [0.29, 0.717) is 17.1 Å². The van der Waals surface area contributed by atoms with E-state index in [2.05, 4.69) is 15.3 Å². The van der Waals surface area contributed by atoms with Gasteiger partial charge in [0.05, 0.1) is 16.3 Å². The van der Waals surface area contributed by atoms with Crippen LogP contribution in [-0.4, -0.2) is 30.5 Å². The highest BCUT2D eigenvalue weighted by Gasteiger charge is 2.10. The van der Waals surface area contributed by atoms with Gasteiger partial charge in [-0.15, -0.1) is 0 Å². The van der Waals surface area contributed by atoms with Gasteiger partial charge >= 0.3 is 0 Å². The molecule has 1 aromatic carbocycles. The van der Waals surface area contributed by atoms with Crippen LogP contribution in [0, 0.1) is 0 Å². The average molecular weight is 367 g/mol. The monoisotopic (exact) mass is 367 g/mol. The molecule has 3 aromatic rings. The minimum atomic E-state index is -3.23. The van der Waals surface area contributed by atoms with Crippen molar-refractivity contribution in [3.8, 4) is 11.4 Å². The number of benzene rings is 1. The number of hydrogen-bond donors (Lipinski definition) is 1. The van der Waals surface area contributed by atoms with E-state index in [1.54, 1.807) is 36.5 Å². The van der Waals surface area contributed by atoms with Gasteiger partial charge in [0, 0.05) is 19.0 Å². The lowest BCUT2D eigenvalue weighted by molar-refractivity contribution is 0.0946. The molecule has 0 atom stereocenters. The molecular weight excluding hydrogens is 350 g/mol. The zero-order chi connectivity index (χ0) is 18.6. The molecule has 0 saturated carbocycles. The fraction of sp³-hybridized carbons (Fsp3) is 0.105. The number of nitrogens with one attached hydrogen (secondary N) is 1. The first-order valence-corrected chi connectivity index (χ1v) is 9.78. The molecule has 1 amide bonds. The standard InChI is InChI=1S/C19H17N3O3S/c1-26(24,25)15-10-8-14(9-11-15)13-21-19(23)18-7-4-6-17(22-18)16-5-2-3-12-20-16/h2-12H,13H2,1H3,(H,21,23). The Bertz CT molecular complexity index is 1020. The zero-order valence-corrected chi connectivity index (χ0v) is 14.9. The van der Waals surface area contributed by atoms with Gasteiger partial charge < -0.3 is 5.32 Å². The molecule has 1 N–H and O–H groups in total. The quantitative estimate of drug-likeness (QED) is 0.748. The van der Waals surface area contributed by atoms with E-state index >= 15 is 0 Å². The minimum absolute atomic E-state index is 0.248. The van der Waals surface area contributed by atoms with Crippen LogP contribution in [0.25, 0.3) is 11.4 Å². The summed E-state index contributed by atoms with van der Waals surface area (Å²) in [5.74, 6) is -0.310. The van der Waals surface area contributed by atoms with E-state index in [1.807, 2.05) is 18.2 Å². The van der Waals surface area contributed by atoms with E-state index < -0.39 is 9.84 Å². The van der Waals surface area contributed by atoms with Crippen LogP contribution in [0.5, 0.6) is 0 Å². The Morgan fingerprint density at radius 3 is 2.35 bits per heavy atom. The second kappa shape index (κ2) is 7.45. The molecule has 3 rings (SSSR count). The van der Waals surface area contributed by atoms with Crippen molar-refractivity contribution < 1.29 is 13.2 Å². The van der Waals surface area contributed by atoms with Crippen molar-refractivity contribution in [2.45, 2.75) is 11.4 Å². The summed E-state index contributed by atoms with van der Waals surface area (Å²) in [5.41, 5.74) is 2.40. The zero-order valence-electron chi connectivity index (χ0n) is 14.1. The van der Waals surface area contributed by atoms with Gasteiger partial charge in [0.15, 0.2) is 9.84 Å². The molecule has 26 heavy (non-hydrogen) atoms. The lowest BCUT2D eigenvalue weighted by atomic mass is 10.2. The number of amides is 1. The maximum Gasteiger partial charge on any atom is 0.270 e. The van der Waals surface area contributed by atoms with Crippen LogP contribution in [0.2, 0.25) is 0 Å². The topological polar surface area (TPSA) is 89.0 Å². The molecular formula is C19H17N3O3S. The lowest BCUT2D eigenvalue weighted by Crippen LogP contribution is -2.23. The van der Waals surface area contributed by atoms with Crippen molar-refractivity contribution in [2.75, 3.05) is 6.26 Å². The number of aromatic nitrogens is 2. The molecule has 6 nitrogen and oxygen atoms in total. The maximum absolute atomic E-state index is 12.3. The summed E-state index contributed by atoms with van der Waals surface area (Å²) in [7, 11) is -3.23. The summed E-state index contributed by atoms with van der Waals surface area (Å²) in [4.78, 5) is 21.2. The fourth-order valence-corrected chi connectivity index (χ4v) is 2.98. The molecule has 7 heteroatoms. The second-order valence-electron chi connectivity index (χ2n) is 5.72. The van der Waals surface area contributed by atoms with Crippen LogP contribution < -0.4 is 5.32 Å². The van der Waals surface area contributed by atoms with Gasteiger partial charge in [0.1, 0.15) is 5.69 Å². The summed E-state index contributed by atoms with van der Waals surface area (Å²) >= 11 is 0. The van der Waals surface area contributed by atoms with Crippen LogP contribution in [-0.2, 0) is 16.4 Å². The molecule has 0 saturated heterocycles. The molecule has 0 spiro atoms. The predicted molar refractivity (Wildman–Crippen MR) is 98.2 cm³/mol. The predicted octanol–water partition coefficient (Wildman–Crippen LogP) is 2.48. The maximum atomic E-state index is 12.3. The van der Waals surface area contributed by atoms with Crippen LogP contribution >= 0.6 is 0 Å². The van der Waals surface area contributed by atoms with E-state index in [4.69, 9.17) is 0 Å². The molecule has 132 valence electrons. The summed E-state index contributed by atoms with van der Waals surface area (Å²) < 4.78 is 22.9. The minimum Gasteiger partial charge on any atom is -0.347 e. The van der Waals surface area contributed by atoms with Gasteiger partial charge in [-0.05, 0) is 42.0 Å². The normalized spacial score (nSPS) is 11.1. The van der Waals surface area contributed by atoms with Gasteiger partial charge in [-0.25, -0.2) is 13.4 Å². The van der Waals surface area contributed by atoms with E-state index in [1.165, 1.54) is 12.1 Å². The van der Waals surface area contributed by atoms with Crippen molar-refractivity contribution >= 4 is 15.7 Å². The molecule has 0 radical (unpaired) electrons. The van der Waals surface area contributed by atoms with Gasteiger partial charge in [-0.1, -0.05) is 24.3 Å². The number of carbonyl (C=O) groups excluding carboxylic acids is 1. The molecule has 0 bridgehead atoms. The fourth-order valence-electron chi connectivity index (χ4n) is 2.35. The third-order valence-electron chi connectivity index (χ3n) is 3.71. The van der Waals surface area contributed by atoms with Crippen molar-refractivity contribution in [1.82, 2.24) is 15.3 Å². The number of carbonyl (C=O) groups is 1. The Morgan fingerprint density at radius 1 is 0.962 bits per heavy atom. The summed E-state index contributed by atoms with van der Waals surface area (Å²) in [6.07, 6.45) is 2.83.